The van der Waals surface area contributed by atoms with E-state index in [1.807, 2.05) is 17.5 Å². The van der Waals surface area contributed by atoms with Gasteiger partial charge in [0.25, 0.3) is 11.8 Å². The highest BCUT2D eigenvalue weighted by Gasteiger charge is 2.46. The number of thiazole rings is 2. The van der Waals surface area contributed by atoms with Crippen LogP contribution in [-0.4, -0.2) is 27.0 Å². The van der Waals surface area contributed by atoms with E-state index in [0.29, 0.717) is 17.2 Å². The highest BCUT2D eigenvalue weighted by molar-refractivity contribution is 7.20. The molecule has 0 radical (unpaired) electrons. The molecule has 0 saturated heterocycles. The van der Waals surface area contributed by atoms with E-state index in [2.05, 4.69) is 15.3 Å². The van der Waals surface area contributed by atoms with E-state index < -0.39 is 11.4 Å². The van der Waals surface area contributed by atoms with Crippen LogP contribution in [0.25, 0.3) is 10.0 Å². The Morgan fingerprint density at radius 2 is 1.86 bits per heavy atom. The van der Waals surface area contributed by atoms with Crippen molar-refractivity contribution in [3.05, 3.63) is 57.5 Å². The number of carbonyl (C=O) groups is 2. The third-order valence-electron chi connectivity index (χ3n) is 5.34. The molecule has 2 fully saturated rings. The van der Waals surface area contributed by atoms with Crippen LogP contribution in [-0.2, 0) is 5.54 Å². The number of amides is 2. The maximum absolute atomic E-state index is 13.1. The van der Waals surface area contributed by atoms with Gasteiger partial charge in [0.2, 0.25) is 0 Å². The molecule has 5 rings (SSSR count). The van der Waals surface area contributed by atoms with Crippen molar-refractivity contribution >= 4 is 34.5 Å². The molecule has 2 aromatic heterocycles. The molecular weight excluding hydrogens is 408 g/mol. The summed E-state index contributed by atoms with van der Waals surface area (Å²) in [6.07, 6.45) is 5.62. The number of nitrogens with one attached hydrogen (secondary N) is 2. The van der Waals surface area contributed by atoms with Crippen LogP contribution in [0.5, 0.6) is 0 Å². The third kappa shape index (κ3) is 3.45. The van der Waals surface area contributed by atoms with Gasteiger partial charge in [-0.05, 0) is 49.3 Å². The van der Waals surface area contributed by atoms with Crippen molar-refractivity contribution in [1.82, 2.24) is 20.8 Å². The Morgan fingerprint density at radius 1 is 1.10 bits per heavy atom. The molecule has 7 nitrogen and oxygen atoms in total. The first-order valence-corrected chi connectivity index (χ1v) is 11.1. The fraction of sp³-hybridized carbons (Fsp3) is 0.300. The maximum atomic E-state index is 13.1. The summed E-state index contributed by atoms with van der Waals surface area (Å²) < 4.78 is 0. The zero-order chi connectivity index (χ0) is 20.0. The smallest absolute Gasteiger partial charge is 0.274 e. The van der Waals surface area contributed by atoms with E-state index in [-0.39, 0.29) is 5.91 Å². The molecule has 0 bridgehead atoms. The van der Waals surface area contributed by atoms with Crippen molar-refractivity contribution in [3.63, 3.8) is 0 Å². The summed E-state index contributed by atoms with van der Waals surface area (Å²) in [5.74, 6) is -0.286. The predicted octanol–water partition coefficient (Wildman–Crippen LogP) is 3.68. The molecule has 2 amide bonds. The van der Waals surface area contributed by atoms with Crippen LogP contribution < -0.4 is 10.8 Å². The Labute approximate surface area is 174 Å². The van der Waals surface area contributed by atoms with Crippen LogP contribution in [0.3, 0.4) is 0 Å². The zero-order valence-electron chi connectivity index (χ0n) is 15.3. The van der Waals surface area contributed by atoms with Gasteiger partial charge in [-0.1, -0.05) is 12.1 Å². The van der Waals surface area contributed by atoms with Crippen molar-refractivity contribution in [3.8, 4) is 10.0 Å². The van der Waals surface area contributed by atoms with Crippen LogP contribution >= 0.6 is 22.7 Å². The minimum atomic E-state index is -0.559. The van der Waals surface area contributed by atoms with Crippen LogP contribution in [0.2, 0.25) is 0 Å². The number of benzene rings is 1. The van der Waals surface area contributed by atoms with Gasteiger partial charge in [0, 0.05) is 22.0 Å². The van der Waals surface area contributed by atoms with Gasteiger partial charge in [-0.3, -0.25) is 14.8 Å². The molecule has 1 aromatic carbocycles. The highest BCUT2D eigenvalue weighted by Crippen LogP contribution is 2.48. The van der Waals surface area contributed by atoms with Gasteiger partial charge in [-0.15, -0.1) is 22.7 Å². The summed E-state index contributed by atoms with van der Waals surface area (Å²) in [6.45, 7) is 0. The average molecular weight is 427 g/mol. The van der Waals surface area contributed by atoms with Crippen LogP contribution in [0.1, 0.15) is 62.9 Å². The number of aromatic nitrogens is 2. The van der Waals surface area contributed by atoms with E-state index in [1.54, 1.807) is 35.1 Å². The van der Waals surface area contributed by atoms with Gasteiger partial charge in [0.1, 0.15) is 5.69 Å². The molecule has 3 N–H and O–H groups in total. The van der Waals surface area contributed by atoms with Crippen LogP contribution in [0.15, 0.2) is 35.8 Å². The van der Waals surface area contributed by atoms with Crippen molar-refractivity contribution in [1.29, 1.82) is 0 Å². The summed E-state index contributed by atoms with van der Waals surface area (Å²) in [7, 11) is 0. The highest BCUT2D eigenvalue weighted by atomic mass is 32.1. The molecule has 0 spiro atoms. The van der Waals surface area contributed by atoms with Gasteiger partial charge in [-0.25, -0.2) is 15.4 Å². The second-order valence-electron chi connectivity index (χ2n) is 7.40. The SMILES string of the molecule is O=C(NO)c1ccc(C2(NC(=O)c3nc(-c4nccs4)sc3C3CC3)CC2)cc1. The van der Waals surface area contributed by atoms with E-state index in [0.717, 1.165) is 46.1 Å². The molecule has 0 aliphatic heterocycles. The molecule has 2 heterocycles. The Morgan fingerprint density at radius 3 is 2.45 bits per heavy atom. The third-order valence-corrected chi connectivity index (χ3v) is 7.47. The first-order chi connectivity index (χ1) is 14.1. The minimum Gasteiger partial charge on any atom is -0.341 e. The van der Waals surface area contributed by atoms with Gasteiger partial charge in [-0.2, -0.15) is 0 Å². The average Bonchev–Trinajstić information content (AvgIpc) is 3.63. The van der Waals surface area contributed by atoms with Crippen molar-refractivity contribution < 1.29 is 14.8 Å². The molecule has 2 saturated carbocycles. The summed E-state index contributed by atoms with van der Waals surface area (Å²) in [6, 6.07) is 6.93. The van der Waals surface area contributed by atoms with Gasteiger partial charge < -0.3 is 5.32 Å². The lowest BCUT2D eigenvalue weighted by Gasteiger charge is -2.18. The molecule has 148 valence electrons. The summed E-state index contributed by atoms with van der Waals surface area (Å²) in [5.41, 5.74) is 3.04. The van der Waals surface area contributed by atoms with Crippen LogP contribution in [0, 0.1) is 0 Å². The summed E-state index contributed by atoms with van der Waals surface area (Å²) >= 11 is 3.10. The fourth-order valence-electron chi connectivity index (χ4n) is 3.43. The lowest BCUT2D eigenvalue weighted by molar-refractivity contribution is 0.0706. The summed E-state index contributed by atoms with van der Waals surface area (Å²) in [5, 5.41) is 15.5. The molecule has 3 aromatic rings. The minimum absolute atomic E-state index is 0.152. The largest absolute Gasteiger partial charge is 0.341 e. The van der Waals surface area contributed by atoms with Gasteiger partial charge in [0.05, 0.1) is 5.54 Å². The second-order valence-corrected chi connectivity index (χ2v) is 9.32. The van der Waals surface area contributed by atoms with E-state index in [4.69, 9.17) is 5.21 Å². The van der Waals surface area contributed by atoms with Crippen molar-refractivity contribution in [2.75, 3.05) is 0 Å². The molecule has 29 heavy (non-hydrogen) atoms. The second kappa shape index (κ2) is 7.01. The lowest BCUT2D eigenvalue weighted by atomic mass is 10.0. The van der Waals surface area contributed by atoms with E-state index >= 15 is 0 Å². The van der Waals surface area contributed by atoms with Crippen LogP contribution in [0.4, 0.5) is 0 Å². The normalized spacial score (nSPS) is 17.0. The van der Waals surface area contributed by atoms with E-state index in [9.17, 15) is 9.59 Å². The lowest BCUT2D eigenvalue weighted by Crippen LogP contribution is -2.35. The number of hydrogen-bond donors (Lipinski definition) is 3. The summed E-state index contributed by atoms with van der Waals surface area (Å²) in [4.78, 5) is 34.7. The molecule has 2 aliphatic carbocycles. The monoisotopic (exact) mass is 426 g/mol. The van der Waals surface area contributed by atoms with Gasteiger partial charge >= 0.3 is 0 Å². The number of hydroxylamine groups is 1. The number of nitrogens with zero attached hydrogens (tertiary/aromatic N) is 2. The zero-order valence-corrected chi connectivity index (χ0v) is 17.0. The Hall–Kier alpha value is -2.62. The number of hydrogen-bond acceptors (Lipinski definition) is 7. The molecule has 0 unspecified atom stereocenters. The standard InChI is InChI=1S/C20H18N4O3S2/c25-16(24-27)12-3-5-13(6-4-12)20(7-8-20)23-17(26)14-15(11-1-2-11)29-19(22-14)18-21-9-10-28-18/h3-6,9-11,27H,1-2,7-8H2,(H,23,26)(H,24,25). The van der Waals surface area contributed by atoms with Crippen molar-refractivity contribution in [2.24, 2.45) is 0 Å². The first kappa shape index (κ1) is 18.4. The Bertz CT molecular complexity index is 1070. The topological polar surface area (TPSA) is 104 Å². The fourth-order valence-corrected chi connectivity index (χ4v) is 5.34. The Kier molecular flexibility index (Phi) is 4.45. The first-order valence-electron chi connectivity index (χ1n) is 9.38. The molecule has 9 heteroatoms. The molecule has 2 aliphatic rings. The Balaban J connectivity index is 1.39. The quantitative estimate of drug-likeness (QED) is 0.412. The number of carbonyl (C=O) groups excluding carboxylic acids is 2. The predicted molar refractivity (Wildman–Crippen MR) is 109 cm³/mol. The van der Waals surface area contributed by atoms with E-state index in [1.165, 1.54) is 11.3 Å². The van der Waals surface area contributed by atoms with Gasteiger partial charge in [0.15, 0.2) is 10.0 Å². The molecule has 0 atom stereocenters. The maximum Gasteiger partial charge on any atom is 0.274 e. The molecular formula is C20H18N4O3S2. The number of rotatable bonds is 6. The van der Waals surface area contributed by atoms with Crippen molar-refractivity contribution in [2.45, 2.75) is 37.1 Å².